The molecule has 0 aliphatic heterocycles. The van der Waals surface area contributed by atoms with E-state index in [0.29, 0.717) is 0 Å². The quantitative estimate of drug-likeness (QED) is 0.155. The molecule has 0 fully saturated rings. The summed E-state index contributed by atoms with van der Waals surface area (Å²) in [7, 11) is 0. The minimum absolute atomic E-state index is 0.265. The Labute approximate surface area is 386 Å². The monoisotopic (exact) mass is 839 g/mol. The zero-order valence-corrected chi connectivity index (χ0v) is 36.4. The van der Waals surface area contributed by atoms with Crippen LogP contribution >= 0.6 is 0 Å². The van der Waals surface area contributed by atoms with Crippen molar-refractivity contribution in [1.29, 1.82) is 0 Å². The number of hydrogen-bond donors (Lipinski definition) is 0. The fraction of sp³-hybridized carbons (Fsp3) is 0.0462. The molecule has 1 spiro atoms. The molecule has 1 nitrogen and oxygen atoms in total. The standard InChI is InChI=1S/C65H45N/c1-3-15-44(16-4-1)46-27-29-50(30-28-46)64-54-20-8-7-19-48(54)35-41-55(64)49-33-38-52(39-34-49)66(51-36-31-47(32-37-51)45-17-5-2-6-18-45)53-40-42-59-58-23-11-14-26-62(58)65(63(59)43-53)60-24-12-9-21-56(60)57-22-10-13-25-61(57)65/h1-43,58,62H. The normalized spacial score (nSPS) is 15.9. The van der Waals surface area contributed by atoms with Gasteiger partial charge in [-0.3, -0.25) is 0 Å². The number of anilines is 3. The molecule has 310 valence electrons. The predicted octanol–water partition coefficient (Wildman–Crippen LogP) is 17.1. The first-order valence-corrected chi connectivity index (χ1v) is 23.2. The van der Waals surface area contributed by atoms with Crippen molar-refractivity contribution in [1.82, 2.24) is 0 Å². The average Bonchev–Trinajstić information content (AvgIpc) is 3.86. The molecule has 66 heavy (non-hydrogen) atoms. The second kappa shape index (κ2) is 15.5. The van der Waals surface area contributed by atoms with Gasteiger partial charge in [-0.2, -0.15) is 0 Å². The molecule has 10 aromatic rings. The number of benzene rings is 10. The van der Waals surface area contributed by atoms with Crippen molar-refractivity contribution < 1.29 is 0 Å². The molecule has 0 aromatic heterocycles. The first kappa shape index (κ1) is 38.2. The van der Waals surface area contributed by atoms with Gasteiger partial charge in [0.1, 0.15) is 0 Å². The summed E-state index contributed by atoms with van der Waals surface area (Å²) in [5, 5.41) is 2.48. The van der Waals surface area contributed by atoms with Gasteiger partial charge in [-0.1, -0.05) is 224 Å². The molecule has 0 bridgehead atoms. The number of hydrogen-bond acceptors (Lipinski definition) is 1. The molecular formula is C65H45N. The molecule has 2 atom stereocenters. The van der Waals surface area contributed by atoms with E-state index in [1.54, 1.807) is 0 Å². The summed E-state index contributed by atoms with van der Waals surface area (Å²) in [6.45, 7) is 0. The minimum Gasteiger partial charge on any atom is -0.310 e. The highest BCUT2D eigenvalue weighted by atomic mass is 15.1. The molecule has 0 saturated carbocycles. The lowest BCUT2D eigenvalue weighted by Gasteiger charge is -2.36. The van der Waals surface area contributed by atoms with Crippen LogP contribution < -0.4 is 4.90 Å². The summed E-state index contributed by atoms with van der Waals surface area (Å²) >= 11 is 0. The summed E-state index contributed by atoms with van der Waals surface area (Å²) in [6, 6.07) is 87.6. The van der Waals surface area contributed by atoms with Crippen LogP contribution in [0.15, 0.2) is 261 Å². The molecule has 0 saturated heterocycles. The van der Waals surface area contributed by atoms with Crippen LogP contribution in [-0.2, 0) is 5.41 Å². The largest absolute Gasteiger partial charge is 0.310 e. The van der Waals surface area contributed by atoms with Crippen LogP contribution in [0.1, 0.15) is 28.2 Å². The van der Waals surface area contributed by atoms with E-state index in [9.17, 15) is 0 Å². The fourth-order valence-corrected chi connectivity index (χ4v) is 11.7. The van der Waals surface area contributed by atoms with E-state index in [4.69, 9.17) is 0 Å². The molecule has 0 radical (unpaired) electrons. The van der Waals surface area contributed by atoms with E-state index in [1.165, 1.54) is 88.7 Å². The van der Waals surface area contributed by atoms with Crippen molar-refractivity contribution in [3.8, 4) is 55.6 Å². The molecule has 3 aliphatic carbocycles. The van der Waals surface area contributed by atoms with E-state index in [-0.39, 0.29) is 17.3 Å². The second-order valence-corrected chi connectivity index (χ2v) is 17.9. The van der Waals surface area contributed by atoms with Gasteiger partial charge in [-0.05, 0) is 125 Å². The van der Waals surface area contributed by atoms with E-state index < -0.39 is 0 Å². The fourth-order valence-electron chi connectivity index (χ4n) is 11.7. The van der Waals surface area contributed by atoms with Gasteiger partial charge < -0.3 is 4.90 Å². The van der Waals surface area contributed by atoms with Crippen molar-refractivity contribution in [2.45, 2.75) is 11.3 Å². The molecule has 0 heterocycles. The van der Waals surface area contributed by atoms with Gasteiger partial charge in [0.25, 0.3) is 0 Å². The summed E-state index contributed by atoms with van der Waals surface area (Å²) in [5.41, 5.74) is 21.1. The van der Waals surface area contributed by atoms with Gasteiger partial charge in [-0.15, -0.1) is 0 Å². The van der Waals surface area contributed by atoms with Crippen molar-refractivity contribution in [2.24, 2.45) is 5.92 Å². The maximum absolute atomic E-state index is 2.52. The third-order valence-corrected chi connectivity index (χ3v) is 14.6. The first-order valence-electron chi connectivity index (χ1n) is 23.2. The maximum atomic E-state index is 2.52. The lowest BCUT2D eigenvalue weighted by atomic mass is 9.65. The van der Waals surface area contributed by atoms with Crippen LogP contribution in [0.4, 0.5) is 17.1 Å². The van der Waals surface area contributed by atoms with E-state index >= 15 is 0 Å². The number of allylic oxidation sites excluding steroid dienone is 4. The first-order chi connectivity index (χ1) is 32.7. The van der Waals surface area contributed by atoms with Gasteiger partial charge in [0, 0.05) is 28.9 Å². The van der Waals surface area contributed by atoms with Crippen LogP contribution in [0.25, 0.3) is 66.4 Å². The predicted molar refractivity (Wildman–Crippen MR) is 277 cm³/mol. The Morgan fingerprint density at radius 1 is 0.333 bits per heavy atom. The Balaban J connectivity index is 0.966. The van der Waals surface area contributed by atoms with Gasteiger partial charge in [0.15, 0.2) is 0 Å². The number of nitrogens with zero attached hydrogens (tertiary/aromatic N) is 1. The minimum atomic E-state index is -0.317. The van der Waals surface area contributed by atoms with E-state index in [1.807, 2.05) is 0 Å². The average molecular weight is 840 g/mol. The van der Waals surface area contributed by atoms with Gasteiger partial charge in [0.2, 0.25) is 0 Å². The topological polar surface area (TPSA) is 3.24 Å². The highest BCUT2D eigenvalue weighted by Gasteiger charge is 2.57. The van der Waals surface area contributed by atoms with Crippen LogP contribution in [0.5, 0.6) is 0 Å². The molecule has 1 heteroatoms. The Morgan fingerprint density at radius 3 is 1.48 bits per heavy atom. The van der Waals surface area contributed by atoms with Gasteiger partial charge >= 0.3 is 0 Å². The smallest absolute Gasteiger partial charge is 0.0538 e. The van der Waals surface area contributed by atoms with Crippen molar-refractivity contribution in [2.75, 3.05) is 4.90 Å². The Kier molecular flexibility index (Phi) is 8.96. The van der Waals surface area contributed by atoms with Crippen molar-refractivity contribution in [3.63, 3.8) is 0 Å². The summed E-state index contributed by atoms with van der Waals surface area (Å²) in [4.78, 5) is 2.45. The zero-order valence-electron chi connectivity index (χ0n) is 36.4. The third-order valence-electron chi connectivity index (χ3n) is 14.6. The zero-order chi connectivity index (χ0) is 43.6. The van der Waals surface area contributed by atoms with E-state index in [0.717, 1.165) is 17.1 Å². The molecular weight excluding hydrogens is 795 g/mol. The molecule has 13 rings (SSSR count). The number of rotatable bonds is 7. The van der Waals surface area contributed by atoms with Crippen molar-refractivity contribution in [3.05, 3.63) is 283 Å². The lowest BCUT2D eigenvalue weighted by Crippen LogP contribution is -2.33. The van der Waals surface area contributed by atoms with Crippen LogP contribution in [0, 0.1) is 5.92 Å². The van der Waals surface area contributed by atoms with Gasteiger partial charge in [0.05, 0.1) is 5.41 Å². The highest BCUT2D eigenvalue weighted by molar-refractivity contribution is 6.04. The Morgan fingerprint density at radius 2 is 0.833 bits per heavy atom. The Hall–Kier alpha value is -8.26. The lowest BCUT2D eigenvalue weighted by molar-refractivity contribution is 0.465. The van der Waals surface area contributed by atoms with E-state index in [2.05, 4.69) is 266 Å². The van der Waals surface area contributed by atoms with Crippen LogP contribution in [-0.4, -0.2) is 0 Å². The molecule has 10 aromatic carbocycles. The van der Waals surface area contributed by atoms with Gasteiger partial charge in [-0.25, -0.2) is 0 Å². The van der Waals surface area contributed by atoms with Crippen molar-refractivity contribution >= 4 is 27.8 Å². The molecule has 2 unspecified atom stereocenters. The second-order valence-electron chi connectivity index (χ2n) is 17.9. The summed E-state index contributed by atoms with van der Waals surface area (Å²) < 4.78 is 0. The molecule has 0 amide bonds. The highest BCUT2D eigenvalue weighted by Crippen LogP contribution is 2.65. The number of fused-ring (bicyclic) bond motifs is 11. The van der Waals surface area contributed by atoms with Crippen LogP contribution in [0.2, 0.25) is 0 Å². The SMILES string of the molecule is C1=CC2c3ccc(N(c4ccc(-c5ccccc5)cc4)c4ccc(-c5ccc6ccccc6c5-c5ccc(-c6ccccc6)cc5)cc4)cc3C3(c4ccccc4-c4ccccc43)C2C=C1. The third kappa shape index (κ3) is 5.94. The molecule has 0 N–H and O–H groups in total. The summed E-state index contributed by atoms with van der Waals surface area (Å²) in [5.74, 6) is 0.544. The van der Waals surface area contributed by atoms with Crippen LogP contribution in [0.3, 0.4) is 0 Å². The maximum Gasteiger partial charge on any atom is 0.0538 e. The Bertz CT molecular complexity index is 3460. The summed E-state index contributed by atoms with van der Waals surface area (Å²) in [6.07, 6.45) is 9.41. The molecule has 3 aliphatic rings.